The van der Waals surface area contributed by atoms with Gasteiger partial charge in [0.15, 0.2) is 0 Å². The standard InChI is InChI=1S/C18H19N3O2/c1-2-3-10-23-18(22)13-6-4-12(5-7-13)17-20-15-9-8-14(19)11-16(15)21-17/h4-9,11H,2-3,10,19H2,1H3,(H,20,21). The van der Waals surface area contributed by atoms with Gasteiger partial charge in [-0.1, -0.05) is 25.5 Å². The van der Waals surface area contributed by atoms with Crippen LogP contribution >= 0.6 is 0 Å². The van der Waals surface area contributed by atoms with Crippen LogP contribution in [0.25, 0.3) is 22.4 Å². The van der Waals surface area contributed by atoms with Crippen LogP contribution in [0.5, 0.6) is 0 Å². The van der Waals surface area contributed by atoms with Crippen LogP contribution in [0.3, 0.4) is 0 Å². The Hall–Kier alpha value is -2.82. The van der Waals surface area contributed by atoms with Gasteiger partial charge in [0, 0.05) is 11.3 Å². The molecule has 0 unspecified atom stereocenters. The van der Waals surface area contributed by atoms with Crippen molar-refractivity contribution in [3.63, 3.8) is 0 Å². The number of nitrogens with one attached hydrogen (secondary N) is 1. The fraction of sp³-hybridized carbons (Fsp3) is 0.222. The number of unbranched alkanes of at least 4 members (excludes halogenated alkanes) is 1. The molecule has 3 aromatic rings. The summed E-state index contributed by atoms with van der Waals surface area (Å²) >= 11 is 0. The normalized spacial score (nSPS) is 10.8. The number of hydrogen-bond acceptors (Lipinski definition) is 4. The minimum Gasteiger partial charge on any atom is -0.462 e. The highest BCUT2D eigenvalue weighted by atomic mass is 16.5. The summed E-state index contributed by atoms with van der Waals surface area (Å²) in [7, 11) is 0. The molecule has 0 aliphatic carbocycles. The van der Waals surface area contributed by atoms with E-state index in [1.54, 1.807) is 12.1 Å². The van der Waals surface area contributed by atoms with E-state index in [4.69, 9.17) is 10.5 Å². The van der Waals surface area contributed by atoms with Crippen molar-refractivity contribution in [3.05, 3.63) is 48.0 Å². The summed E-state index contributed by atoms with van der Waals surface area (Å²) in [6.07, 6.45) is 1.88. The van der Waals surface area contributed by atoms with Crippen LogP contribution in [0.1, 0.15) is 30.1 Å². The number of aromatic amines is 1. The number of nitrogens with zero attached hydrogens (tertiary/aromatic N) is 1. The van der Waals surface area contributed by atoms with Gasteiger partial charge in [0.05, 0.1) is 23.2 Å². The second-order valence-corrected chi connectivity index (χ2v) is 5.43. The number of hydrogen-bond donors (Lipinski definition) is 2. The molecule has 0 saturated carbocycles. The number of fused-ring (bicyclic) bond motifs is 1. The highest BCUT2D eigenvalue weighted by Crippen LogP contribution is 2.22. The fourth-order valence-electron chi connectivity index (χ4n) is 2.32. The minimum absolute atomic E-state index is 0.289. The van der Waals surface area contributed by atoms with Crippen molar-refractivity contribution < 1.29 is 9.53 Å². The van der Waals surface area contributed by atoms with E-state index in [1.807, 2.05) is 30.3 Å². The summed E-state index contributed by atoms with van der Waals surface area (Å²) in [5.41, 5.74) is 9.67. The SMILES string of the molecule is CCCCOC(=O)c1ccc(-c2nc3ccc(N)cc3[nH]2)cc1. The van der Waals surface area contributed by atoms with E-state index >= 15 is 0 Å². The Morgan fingerprint density at radius 3 is 2.74 bits per heavy atom. The van der Waals surface area contributed by atoms with Crippen LogP contribution in [0, 0.1) is 0 Å². The average Bonchev–Trinajstić information content (AvgIpc) is 2.98. The number of esters is 1. The van der Waals surface area contributed by atoms with Crippen molar-refractivity contribution in [2.45, 2.75) is 19.8 Å². The maximum atomic E-state index is 11.9. The zero-order chi connectivity index (χ0) is 16.2. The van der Waals surface area contributed by atoms with E-state index in [-0.39, 0.29) is 5.97 Å². The number of anilines is 1. The number of carbonyl (C=O) groups is 1. The number of benzene rings is 2. The summed E-state index contributed by atoms with van der Waals surface area (Å²) in [5.74, 6) is 0.457. The number of aromatic nitrogens is 2. The largest absolute Gasteiger partial charge is 0.462 e. The molecule has 0 radical (unpaired) electrons. The first-order chi connectivity index (χ1) is 11.2. The van der Waals surface area contributed by atoms with Crippen molar-refractivity contribution in [2.24, 2.45) is 0 Å². The molecule has 2 aromatic carbocycles. The summed E-state index contributed by atoms with van der Waals surface area (Å²) in [6, 6.07) is 12.8. The van der Waals surface area contributed by atoms with Crippen molar-refractivity contribution >= 4 is 22.7 Å². The van der Waals surface area contributed by atoms with Crippen LogP contribution in [-0.4, -0.2) is 22.5 Å². The van der Waals surface area contributed by atoms with Gasteiger partial charge < -0.3 is 15.5 Å². The second-order valence-electron chi connectivity index (χ2n) is 5.43. The first-order valence-corrected chi connectivity index (χ1v) is 7.70. The maximum Gasteiger partial charge on any atom is 0.338 e. The third kappa shape index (κ3) is 3.34. The van der Waals surface area contributed by atoms with E-state index < -0.39 is 0 Å². The number of nitrogen functional groups attached to an aromatic ring is 1. The second kappa shape index (κ2) is 6.52. The zero-order valence-corrected chi connectivity index (χ0v) is 13.0. The summed E-state index contributed by atoms with van der Waals surface area (Å²) < 4.78 is 5.20. The van der Waals surface area contributed by atoms with Gasteiger partial charge in [-0.25, -0.2) is 9.78 Å². The van der Waals surface area contributed by atoms with Gasteiger partial charge in [0.2, 0.25) is 0 Å². The van der Waals surface area contributed by atoms with E-state index in [9.17, 15) is 4.79 Å². The van der Waals surface area contributed by atoms with E-state index in [0.717, 1.165) is 35.3 Å². The molecule has 5 nitrogen and oxygen atoms in total. The Morgan fingerprint density at radius 1 is 1.22 bits per heavy atom. The van der Waals surface area contributed by atoms with Gasteiger partial charge in [-0.3, -0.25) is 0 Å². The van der Waals surface area contributed by atoms with Gasteiger partial charge in [-0.05, 0) is 36.8 Å². The van der Waals surface area contributed by atoms with Crippen molar-refractivity contribution in [3.8, 4) is 11.4 Å². The van der Waals surface area contributed by atoms with Gasteiger partial charge in [-0.2, -0.15) is 0 Å². The molecule has 3 N–H and O–H groups in total. The molecule has 1 heterocycles. The number of nitrogens with two attached hydrogens (primary N) is 1. The van der Waals surface area contributed by atoms with Crippen LogP contribution in [-0.2, 0) is 4.74 Å². The smallest absolute Gasteiger partial charge is 0.338 e. The molecule has 0 atom stereocenters. The van der Waals surface area contributed by atoms with E-state index in [0.29, 0.717) is 17.9 Å². The molecule has 0 aliphatic heterocycles. The third-order valence-corrected chi connectivity index (χ3v) is 3.63. The lowest BCUT2D eigenvalue weighted by Gasteiger charge is -2.04. The van der Waals surface area contributed by atoms with Crippen LogP contribution in [0.15, 0.2) is 42.5 Å². The first-order valence-electron chi connectivity index (χ1n) is 7.70. The molecule has 3 rings (SSSR count). The van der Waals surface area contributed by atoms with Crippen LogP contribution < -0.4 is 5.73 Å². The minimum atomic E-state index is -0.289. The van der Waals surface area contributed by atoms with Crippen LogP contribution in [0.2, 0.25) is 0 Å². The maximum absolute atomic E-state index is 11.9. The molecule has 0 bridgehead atoms. The third-order valence-electron chi connectivity index (χ3n) is 3.63. The Balaban J connectivity index is 1.79. The molecule has 1 aromatic heterocycles. The lowest BCUT2D eigenvalue weighted by Crippen LogP contribution is -2.06. The lowest BCUT2D eigenvalue weighted by molar-refractivity contribution is 0.0500. The molecule has 0 aliphatic rings. The molecular weight excluding hydrogens is 290 g/mol. The molecule has 0 spiro atoms. The number of rotatable bonds is 5. The Morgan fingerprint density at radius 2 is 2.00 bits per heavy atom. The summed E-state index contributed by atoms with van der Waals surface area (Å²) in [6.45, 7) is 2.52. The molecule has 0 amide bonds. The molecule has 5 heteroatoms. The summed E-state index contributed by atoms with van der Waals surface area (Å²) in [4.78, 5) is 19.7. The van der Waals surface area contributed by atoms with Crippen molar-refractivity contribution in [1.82, 2.24) is 9.97 Å². The number of ether oxygens (including phenoxy) is 1. The highest BCUT2D eigenvalue weighted by Gasteiger charge is 2.09. The number of imidazole rings is 1. The van der Waals surface area contributed by atoms with Crippen molar-refractivity contribution in [2.75, 3.05) is 12.3 Å². The Kier molecular flexibility index (Phi) is 4.28. The van der Waals surface area contributed by atoms with Gasteiger partial charge in [-0.15, -0.1) is 0 Å². The molecule has 0 fully saturated rings. The topological polar surface area (TPSA) is 81.0 Å². The van der Waals surface area contributed by atoms with E-state index in [1.165, 1.54) is 0 Å². The van der Waals surface area contributed by atoms with Gasteiger partial charge >= 0.3 is 5.97 Å². The van der Waals surface area contributed by atoms with Crippen molar-refractivity contribution in [1.29, 1.82) is 0 Å². The molecular formula is C18H19N3O2. The number of H-pyrrole nitrogens is 1. The Bertz CT molecular complexity index is 822. The molecule has 23 heavy (non-hydrogen) atoms. The highest BCUT2D eigenvalue weighted by molar-refractivity contribution is 5.90. The predicted molar refractivity (Wildman–Crippen MR) is 91.1 cm³/mol. The average molecular weight is 309 g/mol. The monoisotopic (exact) mass is 309 g/mol. The zero-order valence-electron chi connectivity index (χ0n) is 13.0. The molecule has 118 valence electrons. The quantitative estimate of drug-likeness (QED) is 0.427. The Labute approximate surface area is 134 Å². The molecule has 0 saturated heterocycles. The van der Waals surface area contributed by atoms with Gasteiger partial charge in [0.1, 0.15) is 5.82 Å². The lowest BCUT2D eigenvalue weighted by atomic mass is 10.1. The number of carbonyl (C=O) groups excluding carboxylic acids is 1. The van der Waals surface area contributed by atoms with Gasteiger partial charge in [0.25, 0.3) is 0 Å². The fourth-order valence-corrected chi connectivity index (χ4v) is 2.32. The summed E-state index contributed by atoms with van der Waals surface area (Å²) in [5, 5.41) is 0. The van der Waals surface area contributed by atoms with E-state index in [2.05, 4.69) is 16.9 Å². The predicted octanol–water partition coefficient (Wildman–Crippen LogP) is 3.77. The van der Waals surface area contributed by atoms with Crippen LogP contribution in [0.4, 0.5) is 5.69 Å². The first kappa shape index (κ1) is 15.1.